The Balaban J connectivity index is 2.16. The smallest absolute Gasteiger partial charge is 0.257 e. The molecule has 1 aromatic heterocycles. The number of pyridine rings is 1. The molecule has 3 nitrogen and oxygen atoms in total. The topological polar surface area (TPSA) is 33.2 Å². The minimum Gasteiger partial charge on any atom is -0.337 e. The van der Waals surface area contributed by atoms with Crippen LogP contribution < -0.4 is 0 Å². The van der Waals surface area contributed by atoms with Gasteiger partial charge in [0.2, 0.25) is 0 Å². The van der Waals surface area contributed by atoms with Crippen LogP contribution in [0.25, 0.3) is 0 Å². The molecule has 1 amide bonds. The molecule has 0 aliphatic heterocycles. The van der Waals surface area contributed by atoms with Crippen molar-refractivity contribution < 1.29 is 13.6 Å². The molecule has 104 valence electrons. The van der Waals surface area contributed by atoms with Gasteiger partial charge in [0.1, 0.15) is 16.8 Å². The van der Waals surface area contributed by atoms with Crippen molar-refractivity contribution in [3.63, 3.8) is 0 Å². The van der Waals surface area contributed by atoms with Gasteiger partial charge >= 0.3 is 0 Å². The normalized spacial score (nSPS) is 10.4. The van der Waals surface area contributed by atoms with Crippen molar-refractivity contribution >= 4 is 17.5 Å². The highest BCUT2D eigenvalue weighted by molar-refractivity contribution is 6.32. The molecular weight excluding hydrogens is 286 g/mol. The summed E-state index contributed by atoms with van der Waals surface area (Å²) in [5.74, 6) is -1.43. The van der Waals surface area contributed by atoms with Crippen molar-refractivity contribution in [3.8, 4) is 0 Å². The number of carbonyl (C=O) groups is 1. The number of rotatable bonds is 3. The van der Waals surface area contributed by atoms with Gasteiger partial charge in [0.25, 0.3) is 5.91 Å². The molecule has 0 radical (unpaired) electrons. The number of aromatic nitrogens is 1. The van der Waals surface area contributed by atoms with Gasteiger partial charge in [-0.2, -0.15) is 0 Å². The number of hydrogen-bond donors (Lipinski definition) is 0. The largest absolute Gasteiger partial charge is 0.337 e. The third-order valence-corrected chi connectivity index (χ3v) is 3.02. The van der Waals surface area contributed by atoms with E-state index in [0.717, 1.165) is 17.8 Å². The van der Waals surface area contributed by atoms with Gasteiger partial charge in [-0.1, -0.05) is 23.7 Å². The van der Waals surface area contributed by atoms with Crippen LogP contribution in [-0.4, -0.2) is 22.8 Å². The van der Waals surface area contributed by atoms with E-state index in [9.17, 15) is 13.6 Å². The molecule has 0 spiro atoms. The van der Waals surface area contributed by atoms with Gasteiger partial charge in [-0.15, -0.1) is 0 Å². The van der Waals surface area contributed by atoms with E-state index in [4.69, 9.17) is 11.6 Å². The molecule has 1 aromatic carbocycles. The minimum atomic E-state index is -0.632. The van der Waals surface area contributed by atoms with E-state index >= 15 is 0 Å². The SMILES string of the molecule is CN(Cc1ccc(F)cc1)C(=O)c1cc(F)cnc1Cl. The zero-order valence-corrected chi connectivity index (χ0v) is 11.4. The molecule has 0 saturated heterocycles. The molecule has 0 atom stereocenters. The third-order valence-electron chi connectivity index (χ3n) is 2.72. The third kappa shape index (κ3) is 3.30. The molecule has 0 N–H and O–H groups in total. The summed E-state index contributed by atoms with van der Waals surface area (Å²) in [7, 11) is 1.55. The molecule has 1 heterocycles. The highest BCUT2D eigenvalue weighted by atomic mass is 35.5. The maximum absolute atomic E-state index is 13.1. The number of benzene rings is 1. The van der Waals surface area contributed by atoms with Crippen LogP contribution in [0.5, 0.6) is 0 Å². The van der Waals surface area contributed by atoms with Crippen molar-refractivity contribution in [3.05, 3.63) is 64.4 Å². The molecule has 0 unspecified atom stereocenters. The molecule has 0 aliphatic rings. The van der Waals surface area contributed by atoms with Gasteiger partial charge in [-0.25, -0.2) is 13.8 Å². The van der Waals surface area contributed by atoms with E-state index in [0.29, 0.717) is 0 Å². The number of amides is 1. The van der Waals surface area contributed by atoms with Crippen LogP contribution in [0.15, 0.2) is 36.5 Å². The standard InChI is InChI=1S/C14H11ClF2N2O/c1-19(8-9-2-4-10(16)5-3-9)14(20)12-6-11(17)7-18-13(12)15/h2-7H,8H2,1H3. The van der Waals surface area contributed by atoms with Crippen LogP contribution in [0.4, 0.5) is 8.78 Å². The molecule has 2 rings (SSSR count). The second-order valence-electron chi connectivity index (χ2n) is 4.28. The molecule has 0 bridgehead atoms. The number of nitrogens with zero attached hydrogens (tertiary/aromatic N) is 2. The Morgan fingerprint density at radius 3 is 2.55 bits per heavy atom. The van der Waals surface area contributed by atoms with Crippen LogP contribution in [0.1, 0.15) is 15.9 Å². The van der Waals surface area contributed by atoms with Gasteiger partial charge in [0.05, 0.1) is 11.8 Å². The lowest BCUT2D eigenvalue weighted by atomic mass is 10.2. The van der Waals surface area contributed by atoms with Crippen molar-refractivity contribution in [2.45, 2.75) is 6.54 Å². The van der Waals surface area contributed by atoms with Crippen LogP contribution >= 0.6 is 11.6 Å². The van der Waals surface area contributed by atoms with Gasteiger partial charge in [0.15, 0.2) is 0 Å². The van der Waals surface area contributed by atoms with Crippen molar-refractivity contribution in [2.24, 2.45) is 0 Å². The first-order chi connectivity index (χ1) is 9.47. The van der Waals surface area contributed by atoms with E-state index in [2.05, 4.69) is 4.98 Å². The molecule has 6 heteroatoms. The fraction of sp³-hybridized carbons (Fsp3) is 0.143. The predicted molar refractivity (Wildman–Crippen MR) is 71.4 cm³/mol. The summed E-state index contributed by atoms with van der Waals surface area (Å²) in [6, 6.07) is 6.81. The summed E-state index contributed by atoms with van der Waals surface area (Å²) in [4.78, 5) is 17.1. The molecule has 0 saturated carbocycles. The summed E-state index contributed by atoms with van der Waals surface area (Å²) in [5, 5.41) is -0.0534. The number of carbonyl (C=O) groups excluding carboxylic acids is 1. The first kappa shape index (κ1) is 14.4. The maximum Gasteiger partial charge on any atom is 0.257 e. The average molecular weight is 297 g/mol. The molecular formula is C14H11ClF2N2O. The summed E-state index contributed by atoms with van der Waals surface area (Å²) >= 11 is 5.78. The Morgan fingerprint density at radius 2 is 1.90 bits per heavy atom. The van der Waals surface area contributed by atoms with Gasteiger partial charge in [-0.05, 0) is 23.8 Å². The zero-order chi connectivity index (χ0) is 14.7. The summed E-state index contributed by atoms with van der Waals surface area (Å²) < 4.78 is 25.9. The molecule has 0 aliphatic carbocycles. The quantitative estimate of drug-likeness (QED) is 0.814. The van der Waals surface area contributed by atoms with Crippen molar-refractivity contribution in [1.29, 1.82) is 0 Å². The monoisotopic (exact) mass is 296 g/mol. The number of hydrogen-bond acceptors (Lipinski definition) is 2. The van der Waals surface area contributed by atoms with Crippen LogP contribution in [-0.2, 0) is 6.54 Å². The van der Waals surface area contributed by atoms with Gasteiger partial charge in [-0.3, -0.25) is 4.79 Å². The summed E-state index contributed by atoms with van der Waals surface area (Å²) in [5.41, 5.74) is 0.749. The summed E-state index contributed by atoms with van der Waals surface area (Å²) in [6.45, 7) is 0.256. The van der Waals surface area contributed by atoms with Crippen molar-refractivity contribution in [2.75, 3.05) is 7.05 Å². The van der Waals surface area contributed by atoms with Crippen LogP contribution in [0.2, 0.25) is 5.15 Å². The second kappa shape index (κ2) is 5.96. The Morgan fingerprint density at radius 1 is 1.25 bits per heavy atom. The predicted octanol–water partition coefficient (Wildman–Crippen LogP) is 3.29. The van der Waals surface area contributed by atoms with E-state index in [-0.39, 0.29) is 23.1 Å². The Bertz CT molecular complexity index is 632. The molecule has 20 heavy (non-hydrogen) atoms. The van der Waals surface area contributed by atoms with Gasteiger partial charge in [0, 0.05) is 13.6 Å². The lowest BCUT2D eigenvalue weighted by molar-refractivity contribution is 0.0784. The highest BCUT2D eigenvalue weighted by Gasteiger charge is 2.17. The maximum atomic E-state index is 13.1. The minimum absolute atomic E-state index is 0.00345. The number of halogens is 3. The fourth-order valence-corrected chi connectivity index (χ4v) is 1.90. The van der Waals surface area contributed by atoms with E-state index < -0.39 is 11.7 Å². The first-order valence-corrected chi connectivity index (χ1v) is 6.16. The first-order valence-electron chi connectivity index (χ1n) is 5.78. The lowest BCUT2D eigenvalue weighted by Gasteiger charge is -2.17. The Labute approximate surface area is 119 Å². The fourth-order valence-electron chi connectivity index (χ4n) is 1.71. The van der Waals surface area contributed by atoms with E-state index in [1.807, 2.05) is 0 Å². The van der Waals surface area contributed by atoms with E-state index in [1.165, 1.54) is 17.0 Å². The summed E-state index contributed by atoms with van der Waals surface area (Å²) in [6.07, 6.45) is 0.944. The van der Waals surface area contributed by atoms with Gasteiger partial charge < -0.3 is 4.90 Å². The molecule has 2 aromatic rings. The second-order valence-corrected chi connectivity index (χ2v) is 4.64. The Hall–Kier alpha value is -2.01. The van der Waals surface area contributed by atoms with Crippen molar-refractivity contribution in [1.82, 2.24) is 9.88 Å². The highest BCUT2D eigenvalue weighted by Crippen LogP contribution is 2.17. The Kier molecular flexibility index (Phi) is 4.29. The zero-order valence-electron chi connectivity index (χ0n) is 10.6. The lowest BCUT2D eigenvalue weighted by Crippen LogP contribution is -2.26. The van der Waals surface area contributed by atoms with Crippen LogP contribution in [0, 0.1) is 11.6 Å². The molecule has 0 fully saturated rings. The van der Waals surface area contributed by atoms with E-state index in [1.54, 1.807) is 19.2 Å². The average Bonchev–Trinajstić information content (AvgIpc) is 2.43. The van der Waals surface area contributed by atoms with Crippen LogP contribution in [0.3, 0.4) is 0 Å².